The van der Waals surface area contributed by atoms with E-state index in [1.165, 1.54) is 6.54 Å². The van der Waals surface area contributed by atoms with Crippen molar-refractivity contribution in [3.63, 3.8) is 0 Å². The second kappa shape index (κ2) is 6.53. The van der Waals surface area contributed by atoms with Crippen molar-refractivity contribution in [3.05, 3.63) is 17.0 Å². The summed E-state index contributed by atoms with van der Waals surface area (Å²) in [5.74, 6) is 2.53. The highest BCUT2D eigenvalue weighted by molar-refractivity contribution is 6.29. The fourth-order valence-corrected chi connectivity index (χ4v) is 2.64. The predicted octanol–water partition coefficient (Wildman–Crippen LogP) is 2.47. The maximum atomic E-state index is 6.06. The predicted molar refractivity (Wildman–Crippen MR) is 79.9 cm³/mol. The van der Waals surface area contributed by atoms with Gasteiger partial charge in [0.15, 0.2) is 0 Å². The van der Waals surface area contributed by atoms with Gasteiger partial charge in [0.1, 0.15) is 16.8 Å². The van der Waals surface area contributed by atoms with Gasteiger partial charge in [0.25, 0.3) is 0 Å². The van der Waals surface area contributed by atoms with Gasteiger partial charge in [0.2, 0.25) is 0 Å². The second-order valence-electron chi connectivity index (χ2n) is 5.50. The molecule has 5 heteroatoms. The van der Waals surface area contributed by atoms with E-state index in [0.29, 0.717) is 5.15 Å². The molecule has 0 spiro atoms. The number of hydrogen-bond donors (Lipinski definition) is 0. The van der Waals surface area contributed by atoms with E-state index in [1.807, 2.05) is 6.07 Å². The van der Waals surface area contributed by atoms with E-state index in [1.54, 1.807) is 0 Å². The van der Waals surface area contributed by atoms with Crippen LogP contribution in [0.4, 0.5) is 5.82 Å². The fourth-order valence-electron chi connectivity index (χ4n) is 2.45. The Kier molecular flexibility index (Phi) is 4.99. The molecule has 0 saturated carbocycles. The van der Waals surface area contributed by atoms with Crippen molar-refractivity contribution in [1.29, 1.82) is 0 Å². The molecule has 0 aromatic carbocycles. The molecule has 4 nitrogen and oxygen atoms in total. The summed E-state index contributed by atoms with van der Waals surface area (Å²) in [4.78, 5) is 13.6. The fraction of sp³-hybridized carbons (Fsp3) is 0.714. The Morgan fingerprint density at radius 3 is 2.47 bits per heavy atom. The molecule has 1 saturated heterocycles. The second-order valence-corrected chi connectivity index (χ2v) is 5.89. The molecule has 0 radical (unpaired) electrons. The molecule has 1 fully saturated rings. The van der Waals surface area contributed by atoms with E-state index in [4.69, 9.17) is 11.6 Å². The number of aromatic nitrogens is 2. The molecule has 0 bridgehead atoms. The van der Waals surface area contributed by atoms with Gasteiger partial charge in [-0.3, -0.25) is 4.90 Å². The van der Waals surface area contributed by atoms with Crippen molar-refractivity contribution in [2.24, 2.45) is 5.92 Å². The van der Waals surface area contributed by atoms with E-state index in [2.05, 4.69) is 40.5 Å². The lowest BCUT2D eigenvalue weighted by atomic mass is 10.2. The molecule has 2 rings (SSSR count). The molecule has 1 aromatic heterocycles. The molecule has 19 heavy (non-hydrogen) atoms. The molecule has 0 aliphatic carbocycles. The van der Waals surface area contributed by atoms with Crippen LogP contribution in [-0.4, -0.2) is 47.6 Å². The highest BCUT2D eigenvalue weighted by Gasteiger charge is 2.19. The average molecular weight is 283 g/mol. The van der Waals surface area contributed by atoms with Crippen LogP contribution in [0, 0.1) is 5.92 Å². The van der Waals surface area contributed by atoms with Crippen LogP contribution in [0.2, 0.25) is 5.15 Å². The monoisotopic (exact) mass is 282 g/mol. The topological polar surface area (TPSA) is 32.3 Å². The van der Waals surface area contributed by atoms with Crippen LogP contribution in [0.15, 0.2) is 6.07 Å². The van der Waals surface area contributed by atoms with E-state index in [9.17, 15) is 0 Å². The SMILES string of the molecule is CCc1nc(Cl)cc(N2CCN(CC(C)C)CC2)n1. The van der Waals surface area contributed by atoms with Crippen molar-refractivity contribution in [3.8, 4) is 0 Å². The molecule has 0 unspecified atom stereocenters. The molecule has 0 atom stereocenters. The number of anilines is 1. The molecule has 1 aliphatic rings. The Morgan fingerprint density at radius 2 is 1.89 bits per heavy atom. The lowest BCUT2D eigenvalue weighted by molar-refractivity contribution is 0.231. The third-order valence-corrected chi connectivity index (χ3v) is 3.56. The molecule has 1 aromatic rings. The largest absolute Gasteiger partial charge is 0.354 e. The summed E-state index contributed by atoms with van der Waals surface area (Å²) < 4.78 is 0. The first-order valence-corrected chi connectivity index (χ1v) is 7.47. The zero-order chi connectivity index (χ0) is 13.8. The number of aryl methyl sites for hydroxylation is 1. The quantitative estimate of drug-likeness (QED) is 0.794. The van der Waals surface area contributed by atoms with E-state index in [-0.39, 0.29) is 0 Å². The number of hydrogen-bond acceptors (Lipinski definition) is 4. The summed E-state index contributed by atoms with van der Waals surface area (Å²) in [6, 6.07) is 1.87. The van der Waals surface area contributed by atoms with Crippen molar-refractivity contribution >= 4 is 17.4 Å². The lowest BCUT2D eigenvalue weighted by Crippen LogP contribution is -2.47. The lowest BCUT2D eigenvalue weighted by Gasteiger charge is -2.36. The van der Waals surface area contributed by atoms with E-state index in [0.717, 1.165) is 50.2 Å². The van der Waals surface area contributed by atoms with Crippen LogP contribution in [0.25, 0.3) is 0 Å². The van der Waals surface area contributed by atoms with Gasteiger partial charge in [-0.2, -0.15) is 0 Å². The summed E-state index contributed by atoms with van der Waals surface area (Å²) in [5.41, 5.74) is 0. The first kappa shape index (κ1) is 14.5. The Balaban J connectivity index is 1.99. The van der Waals surface area contributed by atoms with Gasteiger partial charge in [0.05, 0.1) is 0 Å². The van der Waals surface area contributed by atoms with E-state index < -0.39 is 0 Å². The van der Waals surface area contributed by atoms with Crippen LogP contribution < -0.4 is 4.90 Å². The van der Waals surface area contributed by atoms with Crippen molar-refractivity contribution in [2.45, 2.75) is 27.2 Å². The minimum absolute atomic E-state index is 0.548. The number of nitrogens with zero attached hydrogens (tertiary/aromatic N) is 4. The molecule has 1 aliphatic heterocycles. The summed E-state index contributed by atoms with van der Waals surface area (Å²) in [7, 11) is 0. The summed E-state index contributed by atoms with van der Waals surface area (Å²) in [6.45, 7) is 12.0. The standard InChI is InChI=1S/C14H23ClN4/c1-4-13-16-12(15)9-14(17-13)19-7-5-18(6-8-19)10-11(2)3/h9,11H,4-8,10H2,1-3H3. The van der Waals surface area contributed by atoms with Gasteiger partial charge in [0, 0.05) is 45.2 Å². The van der Waals surface area contributed by atoms with Gasteiger partial charge >= 0.3 is 0 Å². The van der Waals surface area contributed by atoms with Crippen LogP contribution in [0.5, 0.6) is 0 Å². The normalized spacial score (nSPS) is 17.2. The first-order valence-electron chi connectivity index (χ1n) is 7.09. The minimum atomic E-state index is 0.548. The summed E-state index contributed by atoms with van der Waals surface area (Å²) in [5, 5.41) is 0.548. The number of halogens is 1. The minimum Gasteiger partial charge on any atom is -0.354 e. The highest BCUT2D eigenvalue weighted by atomic mass is 35.5. The molecular formula is C14H23ClN4. The van der Waals surface area contributed by atoms with Crippen molar-refractivity contribution in [1.82, 2.24) is 14.9 Å². The molecular weight excluding hydrogens is 260 g/mol. The highest BCUT2D eigenvalue weighted by Crippen LogP contribution is 2.18. The van der Waals surface area contributed by atoms with Gasteiger partial charge in [-0.1, -0.05) is 32.4 Å². The molecule has 0 amide bonds. The van der Waals surface area contributed by atoms with Crippen LogP contribution in [0.3, 0.4) is 0 Å². The van der Waals surface area contributed by atoms with Gasteiger partial charge < -0.3 is 4.90 Å². The molecule has 106 valence electrons. The Hall–Kier alpha value is -0.870. The Morgan fingerprint density at radius 1 is 1.21 bits per heavy atom. The van der Waals surface area contributed by atoms with Gasteiger partial charge in [-0.25, -0.2) is 9.97 Å². The number of rotatable bonds is 4. The molecule has 0 N–H and O–H groups in total. The summed E-state index contributed by atoms with van der Waals surface area (Å²) in [6.07, 6.45) is 0.820. The smallest absolute Gasteiger partial charge is 0.134 e. The van der Waals surface area contributed by atoms with Crippen LogP contribution in [0.1, 0.15) is 26.6 Å². The number of piperazine rings is 1. The van der Waals surface area contributed by atoms with Crippen molar-refractivity contribution in [2.75, 3.05) is 37.6 Å². The van der Waals surface area contributed by atoms with E-state index >= 15 is 0 Å². The maximum absolute atomic E-state index is 6.06. The van der Waals surface area contributed by atoms with Crippen LogP contribution >= 0.6 is 11.6 Å². The van der Waals surface area contributed by atoms with Gasteiger partial charge in [-0.15, -0.1) is 0 Å². The third kappa shape index (κ3) is 4.05. The Labute approximate surface area is 120 Å². The van der Waals surface area contributed by atoms with Gasteiger partial charge in [-0.05, 0) is 5.92 Å². The third-order valence-electron chi connectivity index (χ3n) is 3.36. The van der Waals surface area contributed by atoms with Crippen molar-refractivity contribution < 1.29 is 0 Å². The van der Waals surface area contributed by atoms with Crippen LogP contribution in [-0.2, 0) is 6.42 Å². The summed E-state index contributed by atoms with van der Waals surface area (Å²) >= 11 is 6.06. The molecule has 2 heterocycles. The zero-order valence-electron chi connectivity index (χ0n) is 12.1. The first-order chi connectivity index (χ1) is 9.08. The maximum Gasteiger partial charge on any atom is 0.134 e. The zero-order valence-corrected chi connectivity index (χ0v) is 12.8. The Bertz CT molecular complexity index is 414. The average Bonchev–Trinajstić information content (AvgIpc) is 2.38.